The molecule has 0 fully saturated rings. The molecule has 1 aliphatic rings. The highest BCUT2D eigenvalue weighted by atomic mass is 35.5. The van der Waals surface area contributed by atoms with E-state index < -0.39 is 18.0 Å². The van der Waals surface area contributed by atoms with Gasteiger partial charge in [-0.05, 0) is 29.2 Å². The van der Waals surface area contributed by atoms with Crippen molar-refractivity contribution in [3.63, 3.8) is 0 Å². The average molecular weight is 307 g/mol. The maximum absolute atomic E-state index is 13.5. The van der Waals surface area contributed by atoms with Gasteiger partial charge in [-0.2, -0.15) is 0 Å². The van der Waals surface area contributed by atoms with E-state index in [1.165, 1.54) is 11.6 Å². The summed E-state index contributed by atoms with van der Waals surface area (Å²) < 4.78 is 19.2. The SMILES string of the molecule is OC(Cc1cccc(F)c1Cl)C1OCCc2ccccc21. The molecule has 0 aromatic heterocycles. The van der Waals surface area contributed by atoms with Gasteiger partial charge in [0.05, 0.1) is 17.7 Å². The quantitative estimate of drug-likeness (QED) is 0.937. The molecule has 0 saturated heterocycles. The van der Waals surface area contributed by atoms with Gasteiger partial charge in [-0.25, -0.2) is 4.39 Å². The molecule has 0 saturated carbocycles. The number of benzene rings is 2. The van der Waals surface area contributed by atoms with Crippen LogP contribution in [-0.4, -0.2) is 17.8 Å². The van der Waals surface area contributed by atoms with Crippen molar-refractivity contribution in [2.45, 2.75) is 25.0 Å². The third-order valence-corrected chi connectivity index (χ3v) is 4.26. The Morgan fingerprint density at radius 3 is 2.90 bits per heavy atom. The third-order valence-electron chi connectivity index (χ3n) is 3.84. The highest BCUT2D eigenvalue weighted by Gasteiger charge is 2.28. The van der Waals surface area contributed by atoms with Crippen molar-refractivity contribution in [3.05, 3.63) is 70.0 Å². The van der Waals surface area contributed by atoms with Crippen molar-refractivity contribution >= 4 is 11.6 Å². The first kappa shape index (κ1) is 14.5. The summed E-state index contributed by atoms with van der Waals surface area (Å²) in [6.45, 7) is 0.579. The van der Waals surface area contributed by atoms with Crippen LogP contribution in [0.5, 0.6) is 0 Å². The van der Waals surface area contributed by atoms with Gasteiger partial charge in [-0.1, -0.05) is 48.0 Å². The summed E-state index contributed by atoms with van der Waals surface area (Å²) in [6, 6.07) is 12.6. The predicted octanol–water partition coefficient (Wildman–Crippen LogP) is 3.70. The zero-order chi connectivity index (χ0) is 14.8. The summed E-state index contributed by atoms with van der Waals surface area (Å²) >= 11 is 5.95. The van der Waals surface area contributed by atoms with Gasteiger partial charge in [-0.3, -0.25) is 0 Å². The summed E-state index contributed by atoms with van der Waals surface area (Å²) in [5.41, 5.74) is 2.79. The minimum absolute atomic E-state index is 0.0700. The molecule has 110 valence electrons. The molecule has 0 bridgehead atoms. The first-order valence-corrected chi connectivity index (χ1v) is 7.35. The molecule has 2 unspecified atom stereocenters. The number of fused-ring (bicyclic) bond motifs is 1. The van der Waals surface area contributed by atoms with E-state index in [-0.39, 0.29) is 11.4 Å². The zero-order valence-electron chi connectivity index (χ0n) is 11.4. The van der Waals surface area contributed by atoms with E-state index in [0.717, 1.165) is 12.0 Å². The van der Waals surface area contributed by atoms with Crippen LogP contribution in [0.2, 0.25) is 5.02 Å². The van der Waals surface area contributed by atoms with Gasteiger partial charge in [0, 0.05) is 6.42 Å². The molecule has 2 nitrogen and oxygen atoms in total. The van der Waals surface area contributed by atoms with E-state index in [9.17, 15) is 9.50 Å². The lowest BCUT2D eigenvalue weighted by Gasteiger charge is -2.30. The van der Waals surface area contributed by atoms with Gasteiger partial charge >= 0.3 is 0 Å². The molecule has 2 aromatic rings. The van der Waals surface area contributed by atoms with Crippen LogP contribution < -0.4 is 0 Å². The van der Waals surface area contributed by atoms with Gasteiger partial charge in [0.25, 0.3) is 0 Å². The Morgan fingerprint density at radius 2 is 2.05 bits per heavy atom. The minimum Gasteiger partial charge on any atom is -0.390 e. The molecular formula is C17H16ClFO2. The topological polar surface area (TPSA) is 29.5 Å². The van der Waals surface area contributed by atoms with Crippen molar-refractivity contribution in [1.82, 2.24) is 0 Å². The Morgan fingerprint density at radius 1 is 1.24 bits per heavy atom. The van der Waals surface area contributed by atoms with Crippen LogP contribution in [-0.2, 0) is 17.6 Å². The molecule has 1 N–H and O–H groups in total. The van der Waals surface area contributed by atoms with Crippen molar-refractivity contribution in [2.75, 3.05) is 6.61 Å². The zero-order valence-corrected chi connectivity index (χ0v) is 12.2. The van der Waals surface area contributed by atoms with Crippen molar-refractivity contribution in [1.29, 1.82) is 0 Å². The van der Waals surface area contributed by atoms with Gasteiger partial charge < -0.3 is 9.84 Å². The molecule has 2 atom stereocenters. The highest BCUT2D eigenvalue weighted by Crippen LogP contribution is 2.32. The monoisotopic (exact) mass is 306 g/mol. The van der Waals surface area contributed by atoms with Gasteiger partial charge in [0.15, 0.2) is 0 Å². The first-order valence-electron chi connectivity index (χ1n) is 6.97. The van der Waals surface area contributed by atoms with Crippen LogP contribution in [0.25, 0.3) is 0 Å². The highest BCUT2D eigenvalue weighted by molar-refractivity contribution is 6.31. The maximum atomic E-state index is 13.5. The Balaban J connectivity index is 1.83. The molecule has 0 amide bonds. The lowest BCUT2D eigenvalue weighted by atomic mass is 9.92. The summed E-state index contributed by atoms with van der Waals surface area (Å²) in [4.78, 5) is 0. The smallest absolute Gasteiger partial charge is 0.142 e. The number of halogens is 2. The number of rotatable bonds is 3. The van der Waals surface area contributed by atoms with Gasteiger partial charge in [0.1, 0.15) is 11.9 Å². The fourth-order valence-corrected chi connectivity index (χ4v) is 2.99. The number of hydrogen-bond donors (Lipinski definition) is 1. The fraction of sp³-hybridized carbons (Fsp3) is 0.294. The van der Waals surface area contributed by atoms with Crippen LogP contribution in [0.1, 0.15) is 22.8 Å². The second-order valence-corrected chi connectivity index (χ2v) is 5.60. The Labute approximate surface area is 128 Å². The molecule has 0 spiro atoms. The molecule has 4 heteroatoms. The summed E-state index contributed by atoms with van der Waals surface area (Å²) in [6.07, 6.45) is -0.0459. The number of ether oxygens (including phenoxy) is 1. The lowest BCUT2D eigenvalue weighted by molar-refractivity contribution is -0.0460. The van der Waals surface area contributed by atoms with E-state index in [2.05, 4.69) is 0 Å². The standard InChI is InChI=1S/C17H16ClFO2/c18-16-12(5-3-7-14(16)19)10-15(20)17-13-6-2-1-4-11(13)8-9-21-17/h1-7,15,17,20H,8-10H2. The first-order chi connectivity index (χ1) is 10.2. The lowest BCUT2D eigenvalue weighted by Crippen LogP contribution is -2.28. The van der Waals surface area contributed by atoms with Crippen LogP contribution in [0, 0.1) is 5.82 Å². The van der Waals surface area contributed by atoms with Crippen LogP contribution in [0.15, 0.2) is 42.5 Å². The molecular weight excluding hydrogens is 291 g/mol. The van der Waals surface area contributed by atoms with E-state index in [0.29, 0.717) is 12.2 Å². The number of hydrogen-bond acceptors (Lipinski definition) is 2. The summed E-state index contributed by atoms with van der Waals surface area (Å²) in [7, 11) is 0. The second-order valence-electron chi connectivity index (χ2n) is 5.22. The summed E-state index contributed by atoms with van der Waals surface area (Å²) in [5.74, 6) is -0.466. The number of aliphatic hydroxyl groups excluding tert-OH is 1. The predicted molar refractivity (Wildman–Crippen MR) is 80.0 cm³/mol. The normalized spacial score (nSPS) is 19.1. The molecule has 1 aliphatic heterocycles. The van der Waals surface area contributed by atoms with Gasteiger partial charge in [0.2, 0.25) is 0 Å². The molecule has 0 radical (unpaired) electrons. The van der Waals surface area contributed by atoms with E-state index in [4.69, 9.17) is 16.3 Å². The van der Waals surface area contributed by atoms with E-state index in [1.807, 2.05) is 24.3 Å². The van der Waals surface area contributed by atoms with E-state index in [1.54, 1.807) is 12.1 Å². The summed E-state index contributed by atoms with van der Waals surface area (Å²) in [5, 5.41) is 10.6. The molecule has 1 heterocycles. The largest absolute Gasteiger partial charge is 0.390 e. The fourth-order valence-electron chi connectivity index (χ4n) is 2.78. The van der Waals surface area contributed by atoms with Crippen molar-refractivity contribution < 1.29 is 14.2 Å². The average Bonchev–Trinajstić information content (AvgIpc) is 2.51. The molecule has 0 aliphatic carbocycles. The van der Waals surface area contributed by atoms with Crippen LogP contribution >= 0.6 is 11.6 Å². The minimum atomic E-state index is -0.759. The Bertz CT molecular complexity index is 644. The van der Waals surface area contributed by atoms with Crippen LogP contribution in [0.3, 0.4) is 0 Å². The third kappa shape index (κ3) is 2.95. The van der Waals surface area contributed by atoms with Crippen molar-refractivity contribution in [2.24, 2.45) is 0 Å². The Hall–Kier alpha value is -1.42. The number of aliphatic hydroxyl groups is 1. The maximum Gasteiger partial charge on any atom is 0.142 e. The van der Waals surface area contributed by atoms with E-state index >= 15 is 0 Å². The Kier molecular flexibility index (Phi) is 4.24. The molecule has 21 heavy (non-hydrogen) atoms. The molecule has 2 aromatic carbocycles. The van der Waals surface area contributed by atoms with Crippen LogP contribution in [0.4, 0.5) is 4.39 Å². The second kappa shape index (κ2) is 6.14. The van der Waals surface area contributed by atoms with Crippen molar-refractivity contribution in [3.8, 4) is 0 Å². The van der Waals surface area contributed by atoms with Gasteiger partial charge in [-0.15, -0.1) is 0 Å². The molecule has 3 rings (SSSR count).